The Labute approximate surface area is 146 Å². The average Bonchev–Trinajstić information content (AvgIpc) is 3.07. The van der Waals surface area contributed by atoms with E-state index in [0.29, 0.717) is 25.9 Å². The molecule has 1 fully saturated rings. The van der Waals surface area contributed by atoms with Gasteiger partial charge in [-0.05, 0) is 48.4 Å². The Morgan fingerprint density at radius 2 is 1.88 bits per heavy atom. The molecule has 1 aliphatic heterocycles. The number of carbonyl (C=O) groups excluding carboxylic acids is 2. The fraction of sp³-hybridized carbons (Fsp3) is 0.263. The summed E-state index contributed by atoms with van der Waals surface area (Å²) in [5.74, 6) is 0.766. The van der Waals surface area contributed by atoms with Crippen LogP contribution < -0.4 is 20.3 Å². The molecule has 3 amide bonds. The Kier molecular flexibility index (Phi) is 5.18. The highest BCUT2D eigenvalue weighted by atomic mass is 16.5. The van der Waals surface area contributed by atoms with Crippen molar-refractivity contribution in [3.63, 3.8) is 0 Å². The van der Waals surface area contributed by atoms with Gasteiger partial charge < -0.3 is 15.4 Å². The summed E-state index contributed by atoms with van der Waals surface area (Å²) in [5.41, 5.74) is 2.64. The number of benzene rings is 2. The first-order valence-electron chi connectivity index (χ1n) is 8.24. The van der Waals surface area contributed by atoms with Crippen LogP contribution in [0.3, 0.4) is 0 Å². The first-order chi connectivity index (χ1) is 12.2. The van der Waals surface area contributed by atoms with Gasteiger partial charge in [-0.3, -0.25) is 9.69 Å². The Morgan fingerprint density at radius 3 is 2.48 bits per heavy atom. The molecule has 2 aromatic rings. The second-order valence-corrected chi connectivity index (χ2v) is 5.83. The van der Waals surface area contributed by atoms with Crippen LogP contribution in [-0.2, 0) is 11.2 Å². The lowest BCUT2D eigenvalue weighted by molar-refractivity contribution is -0.116. The maximum atomic E-state index is 12.1. The zero-order valence-corrected chi connectivity index (χ0v) is 14.1. The van der Waals surface area contributed by atoms with Crippen molar-refractivity contribution in [3.05, 3.63) is 54.1 Å². The molecule has 1 saturated heterocycles. The predicted octanol–water partition coefficient (Wildman–Crippen LogP) is 2.80. The van der Waals surface area contributed by atoms with Gasteiger partial charge >= 0.3 is 6.03 Å². The maximum absolute atomic E-state index is 12.1. The van der Waals surface area contributed by atoms with Crippen LogP contribution in [-0.4, -0.2) is 32.1 Å². The largest absolute Gasteiger partial charge is 0.497 e. The van der Waals surface area contributed by atoms with Gasteiger partial charge in [0.2, 0.25) is 5.91 Å². The first kappa shape index (κ1) is 16.8. The van der Waals surface area contributed by atoms with Gasteiger partial charge in [0.05, 0.1) is 7.11 Å². The molecule has 1 aliphatic rings. The molecule has 0 bridgehead atoms. The van der Waals surface area contributed by atoms with Crippen LogP contribution in [0.25, 0.3) is 0 Å². The van der Waals surface area contributed by atoms with E-state index < -0.39 is 0 Å². The first-order valence-corrected chi connectivity index (χ1v) is 8.24. The van der Waals surface area contributed by atoms with Crippen LogP contribution in [0.4, 0.5) is 16.2 Å². The van der Waals surface area contributed by atoms with E-state index in [9.17, 15) is 9.59 Å². The van der Waals surface area contributed by atoms with Crippen LogP contribution in [0.2, 0.25) is 0 Å². The fourth-order valence-electron chi connectivity index (χ4n) is 2.72. The second-order valence-electron chi connectivity index (χ2n) is 5.83. The molecule has 6 nitrogen and oxygen atoms in total. The molecule has 0 aliphatic carbocycles. The molecule has 1 heterocycles. The van der Waals surface area contributed by atoms with Crippen LogP contribution in [0.15, 0.2) is 48.5 Å². The van der Waals surface area contributed by atoms with E-state index >= 15 is 0 Å². The minimum absolute atomic E-state index is 0.0394. The van der Waals surface area contributed by atoms with E-state index in [1.807, 2.05) is 48.5 Å². The fourth-order valence-corrected chi connectivity index (χ4v) is 2.72. The number of urea groups is 1. The topological polar surface area (TPSA) is 70.7 Å². The third-order valence-electron chi connectivity index (χ3n) is 4.12. The molecule has 0 spiro atoms. The van der Waals surface area contributed by atoms with Crippen molar-refractivity contribution in [1.29, 1.82) is 0 Å². The van der Waals surface area contributed by atoms with Crippen molar-refractivity contribution in [2.24, 2.45) is 0 Å². The lowest BCUT2D eigenvalue weighted by Crippen LogP contribution is -2.27. The molecule has 2 N–H and O–H groups in total. The van der Waals surface area contributed by atoms with Gasteiger partial charge in [0.1, 0.15) is 5.75 Å². The summed E-state index contributed by atoms with van der Waals surface area (Å²) in [7, 11) is 1.63. The molecule has 2 aromatic carbocycles. The molecule has 0 radical (unpaired) electrons. The molecule has 130 valence electrons. The van der Waals surface area contributed by atoms with E-state index in [1.165, 1.54) is 0 Å². The SMILES string of the molecule is COc1ccc(CCC(=O)Nc2ccc(N3CCNC3=O)cc2)cc1. The number of hydrogen-bond acceptors (Lipinski definition) is 3. The van der Waals surface area contributed by atoms with E-state index in [4.69, 9.17) is 4.74 Å². The molecule has 3 rings (SSSR count). The van der Waals surface area contributed by atoms with Crippen molar-refractivity contribution in [1.82, 2.24) is 5.32 Å². The highest BCUT2D eigenvalue weighted by molar-refractivity contribution is 5.95. The smallest absolute Gasteiger partial charge is 0.321 e. The van der Waals surface area contributed by atoms with E-state index in [1.54, 1.807) is 12.0 Å². The van der Waals surface area contributed by atoms with E-state index in [0.717, 1.165) is 22.7 Å². The number of rotatable bonds is 6. The molecular formula is C19H21N3O3. The maximum Gasteiger partial charge on any atom is 0.321 e. The molecule has 0 unspecified atom stereocenters. The second kappa shape index (κ2) is 7.70. The van der Waals surface area contributed by atoms with Crippen LogP contribution in [0, 0.1) is 0 Å². The summed E-state index contributed by atoms with van der Waals surface area (Å²) in [5, 5.41) is 5.64. The monoisotopic (exact) mass is 339 g/mol. The average molecular weight is 339 g/mol. The number of amides is 3. The minimum atomic E-state index is -0.0868. The van der Waals surface area contributed by atoms with E-state index in [-0.39, 0.29) is 11.9 Å². The summed E-state index contributed by atoms with van der Waals surface area (Å²) in [6.45, 7) is 1.31. The zero-order chi connectivity index (χ0) is 17.6. The Balaban J connectivity index is 1.51. The Bertz CT molecular complexity index is 742. The molecular weight excluding hydrogens is 318 g/mol. The highest BCUT2D eigenvalue weighted by Crippen LogP contribution is 2.20. The number of ether oxygens (including phenoxy) is 1. The van der Waals surface area contributed by atoms with Gasteiger partial charge in [-0.25, -0.2) is 4.79 Å². The molecule has 25 heavy (non-hydrogen) atoms. The van der Waals surface area contributed by atoms with Gasteiger partial charge in [0.15, 0.2) is 0 Å². The van der Waals surface area contributed by atoms with Crippen molar-refractivity contribution in [2.45, 2.75) is 12.8 Å². The van der Waals surface area contributed by atoms with Gasteiger partial charge in [-0.1, -0.05) is 12.1 Å². The predicted molar refractivity (Wildman–Crippen MR) is 97.1 cm³/mol. The molecule has 0 aromatic heterocycles. The number of methoxy groups -OCH3 is 1. The zero-order valence-electron chi connectivity index (χ0n) is 14.1. The highest BCUT2D eigenvalue weighted by Gasteiger charge is 2.20. The lowest BCUT2D eigenvalue weighted by Gasteiger charge is -2.14. The summed E-state index contributed by atoms with van der Waals surface area (Å²) < 4.78 is 5.12. The Hall–Kier alpha value is -3.02. The summed E-state index contributed by atoms with van der Waals surface area (Å²) in [6, 6.07) is 14.9. The third kappa shape index (κ3) is 4.29. The summed E-state index contributed by atoms with van der Waals surface area (Å²) in [4.78, 5) is 25.4. The van der Waals surface area contributed by atoms with Gasteiger partial charge in [-0.15, -0.1) is 0 Å². The van der Waals surface area contributed by atoms with Crippen molar-refractivity contribution >= 4 is 23.3 Å². The number of aryl methyl sites for hydroxylation is 1. The van der Waals surface area contributed by atoms with Crippen LogP contribution in [0.1, 0.15) is 12.0 Å². The summed E-state index contributed by atoms with van der Waals surface area (Å²) in [6.07, 6.45) is 1.07. The van der Waals surface area contributed by atoms with Gasteiger partial charge in [0, 0.05) is 30.9 Å². The van der Waals surface area contributed by atoms with E-state index in [2.05, 4.69) is 10.6 Å². The van der Waals surface area contributed by atoms with Crippen molar-refractivity contribution in [3.8, 4) is 5.75 Å². The number of hydrogen-bond donors (Lipinski definition) is 2. The minimum Gasteiger partial charge on any atom is -0.497 e. The Morgan fingerprint density at radius 1 is 1.16 bits per heavy atom. The number of nitrogens with zero attached hydrogens (tertiary/aromatic N) is 1. The normalized spacial score (nSPS) is 13.5. The molecule has 6 heteroatoms. The van der Waals surface area contributed by atoms with Crippen LogP contribution in [0.5, 0.6) is 5.75 Å². The van der Waals surface area contributed by atoms with Crippen LogP contribution >= 0.6 is 0 Å². The summed E-state index contributed by atoms with van der Waals surface area (Å²) >= 11 is 0. The number of nitrogens with one attached hydrogen (secondary N) is 2. The van der Waals surface area contributed by atoms with Gasteiger partial charge in [0.25, 0.3) is 0 Å². The van der Waals surface area contributed by atoms with Crippen molar-refractivity contribution in [2.75, 3.05) is 30.4 Å². The number of carbonyl (C=O) groups is 2. The number of anilines is 2. The standard InChI is InChI=1S/C19H21N3O3/c1-25-17-9-2-14(3-10-17)4-11-18(23)21-15-5-7-16(8-6-15)22-13-12-20-19(22)24/h2-3,5-10H,4,11-13H2,1H3,(H,20,24)(H,21,23). The quantitative estimate of drug-likeness (QED) is 0.850. The molecule has 0 atom stereocenters. The van der Waals surface area contributed by atoms with Crippen molar-refractivity contribution < 1.29 is 14.3 Å². The molecule has 0 saturated carbocycles. The van der Waals surface area contributed by atoms with Gasteiger partial charge in [-0.2, -0.15) is 0 Å². The third-order valence-corrected chi connectivity index (χ3v) is 4.12. The lowest BCUT2D eigenvalue weighted by atomic mass is 10.1.